The zero-order valence-corrected chi connectivity index (χ0v) is 12.2. The summed E-state index contributed by atoms with van der Waals surface area (Å²) in [5, 5.41) is 0. The zero-order valence-electron chi connectivity index (χ0n) is 12.2. The zero-order chi connectivity index (χ0) is 13.9. The van der Waals surface area contributed by atoms with Crippen molar-refractivity contribution < 1.29 is 4.39 Å². The van der Waals surface area contributed by atoms with Gasteiger partial charge >= 0.3 is 0 Å². The number of hydrogen-bond acceptors (Lipinski definition) is 1. The maximum Gasteiger partial charge on any atom is 0.126 e. The molecule has 1 aromatic carbocycles. The highest BCUT2D eigenvalue weighted by atomic mass is 19.1. The molecule has 0 radical (unpaired) electrons. The van der Waals surface area contributed by atoms with Crippen molar-refractivity contribution in [2.75, 3.05) is 6.54 Å². The van der Waals surface area contributed by atoms with Crippen molar-refractivity contribution in [1.29, 1.82) is 0 Å². The predicted octanol–water partition coefficient (Wildman–Crippen LogP) is 4.50. The summed E-state index contributed by atoms with van der Waals surface area (Å²) in [5.41, 5.74) is 8.00. The third-order valence-corrected chi connectivity index (χ3v) is 4.99. The highest BCUT2D eigenvalue weighted by Gasteiger charge is 2.34. The summed E-state index contributed by atoms with van der Waals surface area (Å²) in [7, 11) is 0. The molecule has 1 aliphatic carbocycles. The van der Waals surface area contributed by atoms with Crippen molar-refractivity contribution in [2.24, 2.45) is 5.73 Å². The fourth-order valence-electron chi connectivity index (χ4n) is 3.58. The van der Waals surface area contributed by atoms with Crippen molar-refractivity contribution in [2.45, 2.75) is 63.7 Å². The molecule has 2 rings (SSSR count). The molecule has 2 N–H and O–H groups in total. The maximum absolute atomic E-state index is 14.4. The third kappa shape index (κ3) is 2.69. The molecular weight excluding hydrogens is 237 g/mol. The van der Waals surface area contributed by atoms with E-state index in [1.807, 2.05) is 6.07 Å². The third-order valence-electron chi connectivity index (χ3n) is 4.99. The van der Waals surface area contributed by atoms with Crippen LogP contribution in [0.25, 0.3) is 0 Å². The second kappa shape index (κ2) is 6.04. The molecule has 0 heterocycles. The molecule has 1 aliphatic rings. The molecule has 0 saturated heterocycles. The molecule has 0 atom stereocenters. The minimum absolute atomic E-state index is 0.0350. The summed E-state index contributed by atoms with van der Waals surface area (Å²) in [6, 6.07) is 5.87. The molecule has 1 fully saturated rings. The highest BCUT2D eigenvalue weighted by molar-refractivity contribution is 5.33. The Hall–Kier alpha value is -0.890. The molecule has 1 nitrogen and oxygen atoms in total. The minimum Gasteiger partial charge on any atom is -0.330 e. The van der Waals surface area contributed by atoms with E-state index in [0.717, 1.165) is 36.8 Å². The van der Waals surface area contributed by atoms with E-state index in [-0.39, 0.29) is 11.2 Å². The number of rotatable bonds is 5. The first-order chi connectivity index (χ1) is 9.16. The lowest BCUT2D eigenvalue weighted by Crippen LogP contribution is -2.32. The molecule has 0 spiro atoms. The summed E-state index contributed by atoms with van der Waals surface area (Å²) in [6.45, 7) is 4.89. The van der Waals surface area contributed by atoms with Crippen molar-refractivity contribution >= 4 is 0 Å². The second-order valence-electron chi connectivity index (χ2n) is 5.94. The number of benzene rings is 1. The van der Waals surface area contributed by atoms with Gasteiger partial charge in [0, 0.05) is 12.0 Å². The predicted molar refractivity (Wildman–Crippen MR) is 78.9 cm³/mol. The van der Waals surface area contributed by atoms with E-state index in [2.05, 4.69) is 19.9 Å². The van der Waals surface area contributed by atoms with Gasteiger partial charge in [-0.05, 0) is 48.8 Å². The smallest absolute Gasteiger partial charge is 0.126 e. The first kappa shape index (κ1) is 14.5. The number of halogens is 1. The average molecular weight is 263 g/mol. The lowest BCUT2D eigenvalue weighted by molar-refractivity contribution is 0.447. The molecular formula is C17H26FN. The van der Waals surface area contributed by atoms with Crippen LogP contribution in [0.4, 0.5) is 4.39 Å². The second-order valence-corrected chi connectivity index (χ2v) is 5.94. The molecule has 0 aliphatic heterocycles. The standard InChI is InChI=1S/C17H26FN/c1-3-13(4-2)15-8-7-14(11-16(15)18)17(12-19)9-5-6-10-17/h7-8,11,13H,3-6,9-10,12,19H2,1-2H3. The van der Waals surface area contributed by atoms with E-state index in [9.17, 15) is 4.39 Å². The van der Waals surface area contributed by atoms with E-state index in [1.165, 1.54) is 12.8 Å². The Morgan fingerprint density at radius 1 is 1.21 bits per heavy atom. The Morgan fingerprint density at radius 2 is 1.84 bits per heavy atom. The molecule has 1 aromatic rings. The summed E-state index contributed by atoms with van der Waals surface area (Å²) in [6.07, 6.45) is 6.63. The van der Waals surface area contributed by atoms with Gasteiger partial charge in [-0.25, -0.2) is 4.39 Å². The molecule has 0 unspecified atom stereocenters. The molecule has 106 valence electrons. The van der Waals surface area contributed by atoms with Gasteiger partial charge in [0.05, 0.1) is 0 Å². The van der Waals surface area contributed by atoms with Gasteiger partial charge in [-0.1, -0.05) is 38.8 Å². The Balaban J connectivity index is 2.32. The van der Waals surface area contributed by atoms with E-state index < -0.39 is 0 Å². The van der Waals surface area contributed by atoms with Gasteiger partial charge in [0.25, 0.3) is 0 Å². The van der Waals surface area contributed by atoms with Crippen LogP contribution in [0.2, 0.25) is 0 Å². The summed E-state index contributed by atoms with van der Waals surface area (Å²) in [5.74, 6) is 0.303. The van der Waals surface area contributed by atoms with Crippen LogP contribution >= 0.6 is 0 Å². The quantitative estimate of drug-likeness (QED) is 0.831. The first-order valence-electron chi connectivity index (χ1n) is 7.67. The molecule has 1 saturated carbocycles. The lowest BCUT2D eigenvalue weighted by Gasteiger charge is -2.28. The SMILES string of the molecule is CCC(CC)c1ccc(C2(CN)CCCC2)cc1F. The average Bonchev–Trinajstić information content (AvgIpc) is 2.92. The van der Waals surface area contributed by atoms with Crippen molar-refractivity contribution in [3.05, 3.63) is 35.1 Å². The molecule has 0 bridgehead atoms. The first-order valence-corrected chi connectivity index (χ1v) is 7.67. The van der Waals surface area contributed by atoms with Crippen LogP contribution in [0, 0.1) is 5.82 Å². The van der Waals surface area contributed by atoms with Gasteiger partial charge in [0.2, 0.25) is 0 Å². The van der Waals surface area contributed by atoms with E-state index in [4.69, 9.17) is 5.73 Å². The number of hydrogen-bond donors (Lipinski definition) is 1. The van der Waals surface area contributed by atoms with Gasteiger partial charge < -0.3 is 5.73 Å². The summed E-state index contributed by atoms with van der Waals surface area (Å²) in [4.78, 5) is 0. The van der Waals surface area contributed by atoms with Gasteiger partial charge in [-0.15, -0.1) is 0 Å². The molecule has 0 aromatic heterocycles. The maximum atomic E-state index is 14.4. The van der Waals surface area contributed by atoms with Gasteiger partial charge in [0.1, 0.15) is 5.82 Å². The summed E-state index contributed by atoms with van der Waals surface area (Å²) >= 11 is 0. The Bertz CT molecular complexity index is 417. The molecule has 19 heavy (non-hydrogen) atoms. The van der Waals surface area contributed by atoms with Crippen LogP contribution < -0.4 is 5.73 Å². The molecule has 2 heteroatoms. The van der Waals surface area contributed by atoms with E-state index in [0.29, 0.717) is 12.5 Å². The normalized spacial score (nSPS) is 18.2. The van der Waals surface area contributed by atoms with Crippen LogP contribution in [0.15, 0.2) is 18.2 Å². The van der Waals surface area contributed by atoms with Crippen LogP contribution in [0.5, 0.6) is 0 Å². The summed E-state index contributed by atoms with van der Waals surface area (Å²) < 4.78 is 14.4. The lowest BCUT2D eigenvalue weighted by atomic mass is 9.78. The Kier molecular flexibility index (Phi) is 4.62. The van der Waals surface area contributed by atoms with Crippen molar-refractivity contribution in [1.82, 2.24) is 0 Å². The Labute approximate surface area is 116 Å². The van der Waals surface area contributed by atoms with Crippen molar-refractivity contribution in [3.8, 4) is 0 Å². The van der Waals surface area contributed by atoms with Crippen LogP contribution in [-0.2, 0) is 5.41 Å². The van der Waals surface area contributed by atoms with Crippen molar-refractivity contribution in [3.63, 3.8) is 0 Å². The minimum atomic E-state index is -0.0362. The van der Waals surface area contributed by atoms with Crippen LogP contribution in [0.3, 0.4) is 0 Å². The topological polar surface area (TPSA) is 26.0 Å². The monoisotopic (exact) mass is 263 g/mol. The fraction of sp³-hybridized carbons (Fsp3) is 0.647. The Morgan fingerprint density at radius 3 is 2.32 bits per heavy atom. The van der Waals surface area contributed by atoms with Crippen LogP contribution in [-0.4, -0.2) is 6.54 Å². The van der Waals surface area contributed by atoms with E-state index in [1.54, 1.807) is 6.07 Å². The fourth-order valence-corrected chi connectivity index (χ4v) is 3.58. The van der Waals surface area contributed by atoms with Gasteiger partial charge in [-0.2, -0.15) is 0 Å². The highest BCUT2D eigenvalue weighted by Crippen LogP contribution is 2.41. The van der Waals surface area contributed by atoms with Crippen LogP contribution in [0.1, 0.15) is 69.4 Å². The van der Waals surface area contributed by atoms with Gasteiger partial charge in [-0.3, -0.25) is 0 Å². The number of nitrogens with two attached hydrogens (primary N) is 1. The molecule has 0 amide bonds. The van der Waals surface area contributed by atoms with Gasteiger partial charge in [0.15, 0.2) is 0 Å². The van der Waals surface area contributed by atoms with E-state index >= 15 is 0 Å². The largest absolute Gasteiger partial charge is 0.330 e.